The number of hydrogen-bond donors (Lipinski definition) is 0. The van der Waals surface area contributed by atoms with Gasteiger partial charge in [-0.1, -0.05) is 26.8 Å². The number of ether oxygens (including phenoxy) is 1. The zero-order chi connectivity index (χ0) is 17.8. The van der Waals surface area contributed by atoms with Crippen molar-refractivity contribution in [2.24, 2.45) is 5.41 Å². The van der Waals surface area contributed by atoms with E-state index >= 15 is 0 Å². The van der Waals surface area contributed by atoms with Crippen molar-refractivity contribution >= 4 is 11.9 Å². The number of Topliss-reactive ketones (excluding diaryl/α,β-unsaturated/α-hetero) is 1. The first-order chi connectivity index (χ1) is 10.1. The van der Waals surface area contributed by atoms with E-state index < -0.39 is 5.41 Å². The van der Waals surface area contributed by atoms with Crippen LogP contribution in [-0.4, -0.2) is 31.1 Å². The maximum Gasteiger partial charge on any atom is 0.373 e. The minimum Gasteiger partial charge on any atom is -0.388 e. The van der Waals surface area contributed by atoms with Crippen LogP contribution in [0.1, 0.15) is 46.7 Å². The second kappa shape index (κ2) is 10.8. The fourth-order valence-electron chi connectivity index (χ4n) is 1.58. The van der Waals surface area contributed by atoms with Crippen LogP contribution in [0.4, 0.5) is 0 Å². The molecular formula is C17H27NO4. The van der Waals surface area contributed by atoms with Crippen LogP contribution in [0.3, 0.4) is 0 Å². The predicted molar refractivity (Wildman–Crippen MR) is 84.3 cm³/mol. The third kappa shape index (κ3) is 9.97. The summed E-state index contributed by atoms with van der Waals surface area (Å²) in [6.45, 7) is 10.1. The van der Waals surface area contributed by atoms with Crippen molar-refractivity contribution in [3.05, 3.63) is 30.1 Å². The van der Waals surface area contributed by atoms with E-state index in [9.17, 15) is 4.79 Å². The summed E-state index contributed by atoms with van der Waals surface area (Å²) in [5.74, 6) is 0.249. The quantitative estimate of drug-likeness (QED) is 0.858. The molecule has 1 aromatic heterocycles. The minimum absolute atomic E-state index is 0.0309. The average molecular weight is 309 g/mol. The highest BCUT2D eigenvalue weighted by Gasteiger charge is 2.33. The molecule has 5 heteroatoms. The molecule has 0 saturated heterocycles. The van der Waals surface area contributed by atoms with E-state index in [-0.39, 0.29) is 17.3 Å². The summed E-state index contributed by atoms with van der Waals surface area (Å²) in [5, 5.41) is 0. The maximum atomic E-state index is 12.2. The lowest BCUT2D eigenvalue weighted by Gasteiger charge is -2.27. The second-order valence-electron chi connectivity index (χ2n) is 6.49. The molecule has 1 rings (SSSR count). The van der Waals surface area contributed by atoms with Crippen molar-refractivity contribution in [1.29, 1.82) is 0 Å². The van der Waals surface area contributed by atoms with Crippen LogP contribution in [0.5, 0.6) is 0 Å². The summed E-state index contributed by atoms with van der Waals surface area (Å²) in [5.41, 5.74) is 0.391. The molecular weight excluding hydrogens is 282 g/mol. The first-order valence-electron chi connectivity index (χ1n) is 6.91. The summed E-state index contributed by atoms with van der Waals surface area (Å²) < 4.78 is 4.25. The summed E-state index contributed by atoms with van der Waals surface area (Å²) in [7, 11) is 3.25. The molecule has 0 unspecified atom stereocenters. The van der Waals surface area contributed by atoms with Crippen LogP contribution in [-0.2, 0) is 24.5 Å². The number of pyridine rings is 1. The van der Waals surface area contributed by atoms with Gasteiger partial charge < -0.3 is 4.74 Å². The summed E-state index contributed by atoms with van der Waals surface area (Å²) in [6.07, 6.45) is 2.57. The molecule has 0 saturated carbocycles. The zero-order valence-corrected chi connectivity index (χ0v) is 14.6. The van der Waals surface area contributed by atoms with Crippen molar-refractivity contribution < 1.29 is 19.1 Å². The van der Waals surface area contributed by atoms with Gasteiger partial charge in [-0.15, -0.1) is 0 Å². The Morgan fingerprint density at radius 1 is 1.14 bits per heavy atom. The van der Waals surface area contributed by atoms with E-state index in [1.54, 1.807) is 20.4 Å². The molecule has 0 radical (unpaired) electrons. The van der Waals surface area contributed by atoms with Crippen LogP contribution < -0.4 is 0 Å². The van der Waals surface area contributed by atoms with Gasteiger partial charge in [0.2, 0.25) is 0 Å². The summed E-state index contributed by atoms with van der Waals surface area (Å²) >= 11 is 0. The van der Waals surface area contributed by atoms with Gasteiger partial charge in [0, 0.05) is 26.8 Å². The molecule has 0 N–H and O–H groups in total. The predicted octanol–water partition coefficient (Wildman–Crippen LogP) is 3.04. The first kappa shape index (κ1) is 22.4. The fraction of sp³-hybridized carbons (Fsp3) is 0.588. The number of nitrogens with zero attached hydrogens (tertiary/aromatic N) is 1. The van der Waals surface area contributed by atoms with Gasteiger partial charge in [0.15, 0.2) is 0 Å². The number of aromatic nitrogens is 1. The maximum absolute atomic E-state index is 12.2. The molecule has 0 aliphatic heterocycles. The van der Waals surface area contributed by atoms with E-state index in [1.165, 1.54) is 0 Å². The lowest BCUT2D eigenvalue weighted by Crippen LogP contribution is -2.32. The van der Waals surface area contributed by atoms with Gasteiger partial charge in [-0.05, 0) is 31.4 Å². The van der Waals surface area contributed by atoms with E-state index in [1.807, 2.05) is 32.0 Å². The molecule has 0 aliphatic rings. The Bertz CT molecular complexity index is 455. The van der Waals surface area contributed by atoms with Crippen molar-refractivity contribution in [2.45, 2.75) is 46.5 Å². The van der Waals surface area contributed by atoms with E-state index in [4.69, 9.17) is 9.59 Å². The number of carbonyl (C=O) groups is 1. The number of methoxy groups -OCH3 is 1. The van der Waals surface area contributed by atoms with Crippen LogP contribution in [0.25, 0.3) is 0 Å². The van der Waals surface area contributed by atoms with Crippen molar-refractivity contribution in [3.8, 4) is 0 Å². The van der Waals surface area contributed by atoms with Crippen LogP contribution in [0, 0.1) is 5.41 Å². The lowest BCUT2D eigenvalue weighted by atomic mass is 9.77. The smallest absolute Gasteiger partial charge is 0.373 e. The third-order valence-corrected chi connectivity index (χ3v) is 2.69. The molecule has 0 fully saturated rings. The molecule has 0 atom stereocenters. The molecule has 22 heavy (non-hydrogen) atoms. The molecule has 1 heterocycles. The summed E-state index contributed by atoms with van der Waals surface area (Å²) in [4.78, 5) is 32.8. The van der Waals surface area contributed by atoms with Crippen molar-refractivity contribution in [2.75, 3.05) is 14.2 Å². The van der Waals surface area contributed by atoms with Crippen molar-refractivity contribution in [1.82, 2.24) is 4.98 Å². The van der Waals surface area contributed by atoms with Crippen molar-refractivity contribution in [3.63, 3.8) is 0 Å². The molecule has 1 aromatic rings. The van der Waals surface area contributed by atoms with Gasteiger partial charge >= 0.3 is 6.15 Å². The van der Waals surface area contributed by atoms with Gasteiger partial charge in [-0.2, -0.15) is 9.59 Å². The lowest BCUT2D eigenvalue weighted by molar-refractivity contribution is -0.191. The molecule has 0 spiro atoms. The molecule has 0 aromatic carbocycles. The van der Waals surface area contributed by atoms with Gasteiger partial charge in [0.05, 0.1) is 11.1 Å². The molecule has 5 nitrogen and oxygen atoms in total. The Hall–Kier alpha value is -1.84. The fourth-order valence-corrected chi connectivity index (χ4v) is 1.58. The highest BCUT2D eigenvalue weighted by atomic mass is 16.4. The number of ketones is 1. The molecule has 124 valence electrons. The Kier molecular flexibility index (Phi) is 11.0. The number of hydrogen-bond acceptors (Lipinski definition) is 5. The van der Waals surface area contributed by atoms with E-state index in [0.29, 0.717) is 6.42 Å². The standard InChI is InChI=1S/C14H21NO.C2H6O.CO2/c1-13(2,3)10-12(16)14(4,5)11-8-6-7-9-15-11;1-3-2;2-1-3/h6-9H,10H2,1-5H3;1-2H3;. The highest BCUT2D eigenvalue weighted by molar-refractivity contribution is 5.89. The van der Waals surface area contributed by atoms with Crippen LogP contribution in [0.2, 0.25) is 0 Å². The van der Waals surface area contributed by atoms with E-state index in [0.717, 1.165) is 5.69 Å². The normalized spacial score (nSPS) is 10.3. The molecule has 0 bridgehead atoms. The minimum atomic E-state index is -0.492. The molecule has 0 aliphatic carbocycles. The Labute approximate surface area is 133 Å². The van der Waals surface area contributed by atoms with Crippen LogP contribution >= 0.6 is 0 Å². The largest absolute Gasteiger partial charge is 0.388 e. The Balaban J connectivity index is 0. The van der Waals surface area contributed by atoms with Gasteiger partial charge in [0.1, 0.15) is 5.78 Å². The summed E-state index contributed by atoms with van der Waals surface area (Å²) in [6, 6.07) is 5.71. The first-order valence-corrected chi connectivity index (χ1v) is 6.91. The average Bonchev–Trinajstić information content (AvgIpc) is 2.39. The van der Waals surface area contributed by atoms with E-state index in [2.05, 4.69) is 30.5 Å². The zero-order valence-electron chi connectivity index (χ0n) is 14.6. The topological polar surface area (TPSA) is 73.3 Å². The second-order valence-corrected chi connectivity index (χ2v) is 6.49. The molecule has 0 amide bonds. The monoisotopic (exact) mass is 309 g/mol. The van der Waals surface area contributed by atoms with Gasteiger partial charge in [-0.25, -0.2) is 0 Å². The Morgan fingerprint density at radius 2 is 1.59 bits per heavy atom. The third-order valence-electron chi connectivity index (χ3n) is 2.69. The van der Waals surface area contributed by atoms with Crippen LogP contribution in [0.15, 0.2) is 24.4 Å². The van der Waals surface area contributed by atoms with Gasteiger partial charge in [-0.3, -0.25) is 9.78 Å². The SMILES string of the molecule is CC(C)(C)CC(=O)C(C)(C)c1ccccn1.COC.O=C=O. The van der Waals surface area contributed by atoms with Gasteiger partial charge in [0.25, 0.3) is 0 Å². The highest BCUT2D eigenvalue weighted by Crippen LogP contribution is 2.29. The number of carbonyl (C=O) groups excluding carboxylic acids is 3. The Morgan fingerprint density at radius 3 is 1.91 bits per heavy atom. The number of rotatable bonds is 3.